The van der Waals surface area contributed by atoms with Gasteiger partial charge in [-0.2, -0.15) is 0 Å². The average Bonchev–Trinajstić information content (AvgIpc) is 3.03. The standard InChI is InChI=1S/C10H12ClN3O2/c11-10-8(12-3-4-13-10)5-14(6-9(15)16)7-1-2-7/h3-4,7H,1-2,5-6H2,(H,15,16). The van der Waals surface area contributed by atoms with E-state index in [1.807, 2.05) is 4.90 Å². The Morgan fingerprint density at radius 2 is 2.19 bits per heavy atom. The van der Waals surface area contributed by atoms with Crippen molar-refractivity contribution in [2.75, 3.05) is 6.54 Å². The maximum Gasteiger partial charge on any atom is 0.317 e. The topological polar surface area (TPSA) is 66.3 Å². The Morgan fingerprint density at radius 1 is 1.50 bits per heavy atom. The lowest BCUT2D eigenvalue weighted by Crippen LogP contribution is -2.31. The fraction of sp³-hybridized carbons (Fsp3) is 0.500. The van der Waals surface area contributed by atoms with Gasteiger partial charge in [-0.05, 0) is 12.8 Å². The molecule has 0 amide bonds. The molecule has 2 rings (SSSR count). The molecule has 0 aromatic carbocycles. The SMILES string of the molecule is O=C(O)CN(Cc1nccnc1Cl)C1CC1. The number of nitrogens with zero attached hydrogens (tertiary/aromatic N) is 3. The van der Waals surface area contributed by atoms with Gasteiger partial charge in [0.15, 0.2) is 5.15 Å². The molecule has 1 aromatic rings. The van der Waals surface area contributed by atoms with E-state index >= 15 is 0 Å². The lowest BCUT2D eigenvalue weighted by atomic mass is 10.3. The van der Waals surface area contributed by atoms with Crippen molar-refractivity contribution in [2.24, 2.45) is 0 Å². The summed E-state index contributed by atoms with van der Waals surface area (Å²) >= 11 is 5.88. The summed E-state index contributed by atoms with van der Waals surface area (Å²) in [5.41, 5.74) is 0.636. The number of halogens is 1. The highest BCUT2D eigenvalue weighted by Crippen LogP contribution is 2.28. The maximum atomic E-state index is 10.7. The molecule has 0 bridgehead atoms. The predicted octanol–water partition coefficient (Wildman–Crippen LogP) is 1.18. The monoisotopic (exact) mass is 241 g/mol. The lowest BCUT2D eigenvalue weighted by molar-refractivity contribution is -0.138. The van der Waals surface area contributed by atoms with E-state index in [4.69, 9.17) is 16.7 Å². The maximum absolute atomic E-state index is 10.7. The molecule has 0 unspecified atom stereocenters. The van der Waals surface area contributed by atoms with Crippen LogP contribution in [0.2, 0.25) is 5.15 Å². The number of carboxylic acid groups (broad SMARTS) is 1. The smallest absolute Gasteiger partial charge is 0.317 e. The minimum atomic E-state index is -0.827. The third kappa shape index (κ3) is 2.90. The molecular weight excluding hydrogens is 230 g/mol. The van der Waals surface area contributed by atoms with Gasteiger partial charge in [-0.25, -0.2) is 4.98 Å². The van der Waals surface area contributed by atoms with Gasteiger partial charge in [0.1, 0.15) is 0 Å². The number of aliphatic carboxylic acids is 1. The predicted molar refractivity (Wildman–Crippen MR) is 58.1 cm³/mol. The van der Waals surface area contributed by atoms with E-state index in [-0.39, 0.29) is 6.54 Å². The van der Waals surface area contributed by atoms with Gasteiger partial charge in [0.05, 0.1) is 12.2 Å². The number of aromatic nitrogens is 2. The first-order valence-corrected chi connectivity index (χ1v) is 5.46. The van der Waals surface area contributed by atoms with E-state index in [1.165, 1.54) is 6.20 Å². The molecule has 1 fully saturated rings. The van der Waals surface area contributed by atoms with Gasteiger partial charge in [-0.1, -0.05) is 11.6 Å². The number of carboxylic acids is 1. The molecule has 0 spiro atoms. The summed E-state index contributed by atoms with van der Waals surface area (Å²) in [6.07, 6.45) is 5.17. The Hall–Kier alpha value is -1.20. The largest absolute Gasteiger partial charge is 0.480 e. The Bertz CT molecular complexity index is 395. The van der Waals surface area contributed by atoms with Crippen molar-refractivity contribution in [2.45, 2.75) is 25.4 Å². The van der Waals surface area contributed by atoms with Crippen molar-refractivity contribution in [1.82, 2.24) is 14.9 Å². The zero-order chi connectivity index (χ0) is 11.5. The lowest BCUT2D eigenvalue weighted by Gasteiger charge is -2.19. The molecule has 0 atom stereocenters. The summed E-state index contributed by atoms with van der Waals surface area (Å²) in [4.78, 5) is 20.6. The summed E-state index contributed by atoms with van der Waals surface area (Å²) in [5, 5.41) is 9.14. The van der Waals surface area contributed by atoms with E-state index in [2.05, 4.69) is 9.97 Å². The van der Waals surface area contributed by atoms with E-state index in [0.29, 0.717) is 23.4 Å². The average molecular weight is 242 g/mol. The summed E-state index contributed by atoms with van der Waals surface area (Å²) < 4.78 is 0. The molecule has 1 aromatic heterocycles. The van der Waals surface area contributed by atoms with Crippen molar-refractivity contribution in [3.05, 3.63) is 23.2 Å². The van der Waals surface area contributed by atoms with E-state index in [0.717, 1.165) is 12.8 Å². The Morgan fingerprint density at radius 3 is 2.75 bits per heavy atom. The van der Waals surface area contributed by atoms with Crippen molar-refractivity contribution in [3.63, 3.8) is 0 Å². The molecule has 1 aliphatic carbocycles. The minimum absolute atomic E-state index is 0.0254. The fourth-order valence-electron chi connectivity index (χ4n) is 1.58. The van der Waals surface area contributed by atoms with Gasteiger partial charge in [0, 0.05) is 25.0 Å². The number of carbonyl (C=O) groups is 1. The molecule has 86 valence electrons. The van der Waals surface area contributed by atoms with Crippen LogP contribution in [0, 0.1) is 0 Å². The molecule has 0 saturated heterocycles. The van der Waals surface area contributed by atoms with Crippen molar-refractivity contribution >= 4 is 17.6 Å². The van der Waals surface area contributed by atoms with E-state index in [1.54, 1.807) is 6.20 Å². The molecule has 0 radical (unpaired) electrons. The summed E-state index contributed by atoms with van der Waals surface area (Å²) in [5.74, 6) is -0.827. The Balaban J connectivity index is 2.05. The van der Waals surface area contributed by atoms with Crippen molar-refractivity contribution in [1.29, 1.82) is 0 Å². The van der Waals surface area contributed by atoms with Gasteiger partial charge in [0.25, 0.3) is 0 Å². The van der Waals surface area contributed by atoms with Gasteiger partial charge in [-0.15, -0.1) is 0 Å². The fourth-order valence-corrected chi connectivity index (χ4v) is 1.74. The van der Waals surface area contributed by atoms with E-state index < -0.39 is 5.97 Å². The zero-order valence-corrected chi connectivity index (χ0v) is 9.39. The minimum Gasteiger partial charge on any atom is -0.480 e. The van der Waals surface area contributed by atoms with E-state index in [9.17, 15) is 4.79 Å². The molecule has 6 heteroatoms. The molecule has 1 aliphatic rings. The normalized spacial score (nSPS) is 15.4. The van der Waals surface area contributed by atoms with Crippen molar-refractivity contribution < 1.29 is 9.90 Å². The highest BCUT2D eigenvalue weighted by atomic mass is 35.5. The summed E-state index contributed by atoms with van der Waals surface area (Å²) in [7, 11) is 0. The first kappa shape index (κ1) is 11.3. The van der Waals surface area contributed by atoms with Crippen LogP contribution in [-0.4, -0.2) is 38.5 Å². The van der Waals surface area contributed by atoms with Crippen LogP contribution in [0.5, 0.6) is 0 Å². The number of hydrogen-bond acceptors (Lipinski definition) is 4. The highest BCUT2D eigenvalue weighted by molar-refractivity contribution is 6.29. The van der Waals surface area contributed by atoms with Crippen LogP contribution in [0.15, 0.2) is 12.4 Å². The third-order valence-corrected chi connectivity index (χ3v) is 2.79. The Kier molecular flexibility index (Phi) is 3.36. The van der Waals surface area contributed by atoms with Crippen LogP contribution in [0.3, 0.4) is 0 Å². The molecule has 1 heterocycles. The van der Waals surface area contributed by atoms with Gasteiger partial charge in [-0.3, -0.25) is 14.7 Å². The Labute approximate surface area is 98.1 Å². The van der Waals surface area contributed by atoms with Gasteiger partial charge >= 0.3 is 5.97 Å². The first-order chi connectivity index (χ1) is 7.66. The molecule has 16 heavy (non-hydrogen) atoms. The van der Waals surface area contributed by atoms with Crippen molar-refractivity contribution in [3.8, 4) is 0 Å². The molecule has 1 saturated carbocycles. The highest BCUT2D eigenvalue weighted by Gasteiger charge is 2.30. The van der Waals surface area contributed by atoms with Crippen LogP contribution in [0.1, 0.15) is 18.5 Å². The first-order valence-electron chi connectivity index (χ1n) is 5.08. The van der Waals surface area contributed by atoms with Crippen LogP contribution in [0.4, 0.5) is 0 Å². The summed E-state index contributed by atoms with van der Waals surface area (Å²) in [6.45, 7) is 0.473. The van der Waals surface area contributed by atoms with Crippen LogP contribution < -0.4 is 0 Å². The van der Waals surface area contributed by atoms with Crippen LogP contribution in [-0.2, 0) is 11.3 Å². The summed E-state index contributed by atoms with van der Waals surface area (Å²) in [6, 6.07) is 0.356. The van der Waals surface area contributed by atoms with Gasteiger partial charge in [0.2, 0.25) is 0 Å². The second kappa shape index (κ2) is 4.76. The molecule has 1 N–H and O–H groups in total. The second-order valence-corrected chi connectivity index (χ2v) is 4.18. The van der Waals surface area contributed by atoms with Gasteiger partial charge < -0.3 is 5.11 Å². The zero-order valence-electron chi connectivity index (χ0n) is 8.64. The molecule has 5 nitrogen and oxygen atoms in total. The van der Waals surface area contributed by atoms with Crippen LogP contribution in [0.25, 0.3) is 0 Å². The quantitative estimate of drug-likeness (QED) is 0.839. The second-order valence-electron chi connectivity index (χ2n) is 3.82. The number of hydrogen-bond donors (Lipinski definition) is 1. The number of rotatable bonds is 5. The molecular formula is C10H12ClN3O2. The molecule has 0 aliphatic heterocycles. The third-order valence-electron chi connectivity index (χ3n) is 2.48. The van der Waals surface area contributed by atoms with Crippen LogP contribution >= 0.6 is 11.6 Å².